The van der Waals surface area contributed by atoms with Crippen molar-refractivity contribution < 1.29 is 22.4 Å². The van der Waals surface area contributed by atoms with Gasteiger partial charge in [-0.2, -0.15) is 12.6 Å². The Morgan fingerprint density at radius 1 is 1.43 bits per heavy atom. The molecular formula is C4H11AgNS. The van der Waals surface area contributed by atoms with Crippen molar-refractivity contribution in [3.63, 3.8) is 0 Å². The fraction of sp³-hybridized carbons (Fsp3) is 1.00. The summed E-state index contributed by atoms with van der Waals surface area (Å²) in [7, 11) is 4.00. The normalized spacial score (nSPS) is 13.3. The smallest absolute Gasteiger partial charge is 0.0493 e. The predicted octanol–water partition coefficient (Wildman–Crippen LogP) is 0.821. The number of rotatable bonds is 1. The Balaban J connectivity index is 0. The predicted molar refractivity (Wildman–Crippen MR) is 32.1 cm³/mol. The van der Waals surface area contributed by atoms with Crippen LogP contribution in [0.2, 0.25) is 0 Å². The first-order chi connectivity index (χ1) is 2.64. The maximum absolute atomic E-state index is 4.12. The van der Waals surface area contributed by atoms with E-state index in [1.165, 1.54) is 0 Å². The molecule has 1 nitrogen and oxygen atoms in total. The summed E-state index contributed by atoms with van der Waals surface area (Å²) in [5, 5.41) is 0.380. The largest absolute Gasteiger partial charge is 0.298 e. The van der Waals surface area contributed by atoms with Crippen LogP contribution in [0.4, 0.5) is 0 Å². The SMILES string of the molecule is CC(S)N(C)C.[Ag]. The van der Waals surface area contributed by atoms with Crippen LogP contribution in [0, 0.1) is 0 Å². The van der Waals surface area contributed by atoms with Crippen molar-refractivity contribution in [3.8, 4) is 0 Å². The van der Waals surface area contributed by atoms with Crippen molar-refractivity contribution in [1.82, 2.24) is 4.90 Å². The average Bonchev–Trinajstić information content (AvgIpc) is 1.36. The van der Waals surface area contributed by atoms with Crippen molar-refractivity contribution in [2.24, 2.45) is 0 Å². The Labute approximate surface area is 66.4 Å². The minimum atomic E-state index is 0. The monoisotopic (exact) mass is 212 g/mol. The van der Waals surface area contributed by atoms with Gasteiger partial charge in [-0.1, -0.05) is 0 Å². The summed E-state index contributed by atoms with van der Waals surface area (Å²) in [5.74, 6) is 0. The minimum Gasteiger partial charge on any atom is -0.298 e. The van der Waals surface area contributed by atoms with Gasteiger partial charge in [0.1, 0.15) is 0 Å². The van der Waals surface area contributed by atoms with E-state index >= 15 is 0 Å². The molecular weight excluding hydrogens is 202 g/mol. The van der Waals surface area contributed by atoms with Crippen molar-refractivity contribution in [1.29, 1.82) is 0 Å². The van der Waals surface area contributed by atoms with Crippen molar-refractivity contribution in [3.05, 3.63) is 0 Å². The summed E-state index contributed by atoms with van der Waals surface area (Å²) in [6.07, 6.45) is 0. The fourth-order valence-corrected chi connectivity index (χ4v) is 0. The first-order valence-corrected chi connectivity index (χ1v) is 2.50. The molecule has 0 aromatic carbocycles. The molecule has 0 aromatic heterocycles. The molecule has 0 saturated heterocycles. The second-order valence-corrected chi connectivity index (χ2v) is 2.34. The minimum absolute atomic E-state index is 0. The summed E-state index contributed by atoms with van der Waals surface area (Å²) in [4.78, 5) is 2.03. The maximum Gasteiger partial charge on any atom is 0.0493 e. The topological polar surface area (TPSA) is 3.24 Å². The van der Waals surface area contributed by atoms with Crippen LogP contribution in [-0.4, -0.2) is 24.4 Å². The molecule has 0 aliphatic rings. The molecule has 0 fully saturated rings. The third-order valence-electron chi connectivity index (χ3n) is 0.747. The molecule has 1 unspecified atom stereocenters. The van der Waals surface area contributed by atoms with Crippen LogP contribution in [0.5, 0.6) is 0 Å². The molecule has 7 heavy (non-hydrogen) atoms. The third-order valence-corrected chi connectivity index (χ3v) is 1.21. The van der Waals surface area contributed by atoms with Gasteiger partial charge >= 0.3 is 0 Å². The molecule has 1 radical (unpaired) electrons. The van der Waals surface area contributed by atoms with E-state index in [4.69, 9.17) is 0 Å². The molecule has 0 aliphatic heterocycles. The summed E-state index contributed by atoms with van der Waals surface area (Å²) in [5.41, 5.74) is 0. The van der Waals surface area contributed by atoms with E-state index in [2.05, 4.69) is 12.6 Å². The fourth-order valence-electron chi connectivity index (χ4n) is 0. The van der Waals surface area contributed by atoms with E-state index in [-0.39, 0.29) is 22.4 Å². The molecule has 0 heterocycles. The molecule has 0 N–H and O–H groups in total. The zero-order valence-electron chi connectivity index (χ0n) is 4.77. The van der Waals surface area contributed by atoms with Crippen LogP contribution in [0.25, 0.3) is 0 Å². The molecule has 0 amide bonds. The van der Waals surface area contributed by atoms with E-state index < -0.39 is 0 Å². The van der Waals surface area contributed by atoms with Gasteiger partial charge in [0.2, 0.25) is 0 Å². The molecule has 0 spiro atoms. The van der Waals surface area contributed by atoms with Gasteiger partial charge in [0.05, 0.1) is 0 Å². The van der Waals surface area contributed by atoms with Gasteiger partial charge < -0.3 is 0 Å². The summed E-state index contributed by atoms with van der Waals surface area (Å²) >= 11 is 4.12. The van der Waals surface area contributed by atoms with Crippen LogP contribution in [0.15, 0.2) is 0 Å². The van der Waals surface area contributed by atoms with E-state index in [1.807, 2.05) is 25.9 Å². The maximum atomic E-state index is 4.12. The summed E-state index contributed by atoms with van der Waals surface area (Å²) in [6.45, 7) is 2.03. The van der Waals surface area contributed by atoms with Crippen molar-refractivity contribution in [2.45, 2.75) is 12.3 Å². The molecule has 0 saturated carbocycles. The van der Waals surface area contributed by atoms with Gasteiger partial charge in [-0.15, -0.1) is 0 Å². The quantitative estimate of drug-likeness (QED) is 0.383. The van der Waals surface area contributed by atoms with Crippen molar-refractivity contribution >= 4 is 12.6 Å². The second-order valence-electron chi connectivity index (χ2n) is 1.60. The van der Waals surface area contributed by atoms with Gasteiger partial charge in [0.25, 0.3) is 0 Å². The average molecular weight is 213 g/mol. The van der Waals surface area contributed by atoms with E-state index in [1.54, 1.807) is 0 Å². The summed E-state index contributed by atoms with van der Waals surface area (Å²) in [6, 6.07) is 0. The second kappa shape index (κ2) is 5.19. The first kappa shape index (κ1) is 10.9. The Bertz CT molecular complexity index is 32.7. The van der Waals surface area contributed by atoms with Crippen LogP contribution in [0.1, 0.15) is 6.92 Å². The molecule has 3 heteroatoms. The van der Waals surface area contributed by atoms with Gasteiger partial charge in [0, 0.05) is 27.8 Å². The van der Waals surface area contributed by atoms with Crippen LogP contribution in [0.3, 0.4) is 0 Å². The molecule has 0 bridgehead atoms. The van der Waals surface area contributed by atoms with Gasteiger partial charge in [-0.05, 0) is 21.0 Å². The standard InChI is InChI=1S/C4H11NS.Ag/c1-4(6)5(2)3;/h4,6H,1-3H3;. The Morgan fingerprint density at radius 3 is 1.57 bits per heavy atom. The number of nitrogens with zero attached hydrogens (tertiary/aromatic N) is 1. The van der Waals surface area contributed by atoms with Gasteiger partial charge in [-0.25, -0.2) is 0 Å². The zero-order chi connectivity index (χ0) is 5.15. The molecule has 0 aromatic rings. The molecule has 0 aliphatic carbocycles. The Morgan fingerprint density at radius 2 is 1.57 bits per heavy atom. The number of hydrogen-bond acceptors (Lipinski definition) is 2. The van der Waals surface area contributed by atoms with Gasteiger partial charge in [-0.3, -0.25) is 4.90 Å². The van der Waals surface area contributed by atoms with Gasteiger partial charge in [0.15, 0.2) is 0 Å². The van der Waals surface area contributed by atoms with E-state index in [9.17, 15) is 0 Å². The molecule has 49 valence electrons. The van der Waals surface area contributed by atoms with Crippen LogP contribution >= 0.6 is 12.6 Å². The van der Waals surface area contributed by atoms with Crippen molar-refractivity contribution in [2.75, 3.05) is 14.1 Å². The first-order valence-electron chi connectivity index (χ1n) is 1.99. The molecule has 0 rings (SSSR count). The zero-order valence-corrected chi connectivity index (χ0v) is 7.15. The van der Waals surface area contributed by atoms with Crippen LogP contribution < -0.4 is 0 Å². The number of hydrogen-bond donors (Lipinski definition) is 1. The van der Waals surface area contributed by atoms with E-state index in [0.29, 0.717) is 5.37 Å². The Hall–Kier alpha value is 1.05. The summed E-state index contributed by atoms with van der Waals surface area (Å²) < 4.78 is 0. The van der Waals surface area contributed by atoms with E-state index in [0.717, 1.165) is 0 Å². The molecule has 1 atom stereocenters. The Kier molecular flexibility index (Phi) is 8.11. The number of thiol groups is 1. The van der Waals surface area contributed by atoms with Crippen LogP contribution in [-0.2, 0) is 22.4 Å². The third kappa shape index (κ3) is 7.05.